The molecule has 0 aliphatic rings. The van der Waals surface area contributed by atoms with Gasteiger partial charge in [-0.1, -0.05) is 53.5 Å². The van der Waals surface area contributed by atoms with Crippen LogP contribution in [0.15, 0.2) is 48.5 Å². The normalized spacial score (nSPS) is 13.5. The monoisotopic (exact) mass is 336 g/mol. The van der Waals surface area contributed by atoms with E-state index in [4.69, 9.17) is 23.2 Å². The van der Waals surface area contributed by atoms with Gasteiger partial charge in [0.2, 0.25) is 5.91 Å². The standard InChI is InChI=1S/C17H18Cl2N2O/c1-11(13-6-4-3-5-7-13)20-12(2)17(22)21-16-10-14(18)8-9-15(16)19/h3-12,20H,1-2H3,(H,21,22). The van der Waals surface area contributed by atoms with Crippen LogP contribution in [0.4, 0.5) is 5.69 Å². The summed E-state index contributed by atoms with van der Waals surface area (Å²) in [4.78, 5) is 12.3. The molecule has 3 nitrogen and oxygen atoms in total. The lowest BCUT2D eigenvalue weighted by Gasteiger charge is -2.20. The van der Waals surface area contributed by atoms with Gasteiger partial charge in [-0.2, -0.15) is 0 Å². The predicted octanol–water partition coefficient (Wildman–Crippen LogP) is 4.67. The lowest BCUT2D eigenvalue weighted by Crippen LogP contribution is -2.39. The summed E-state index contributed by atoms with van der Waals surface area (Å²) in [5.74, 6) is -0.160. The molecule has 2 unspecified atom stereocenters. The van der Waals surface area contributed by atoms with E-state index in [0.717, 1.165) is 5.56 Å². The van der Waals surface area contributed by atoms with E-state index in [-0.39, 0.29) is 18.0 Å². The van der Waals surface area contributed by atoms with Crippen LogP contribution in [0.25, 0.3) is 0 Å². The molecule has 2 rings (SSSR count). The summed E-state index contributed by atoms with van der Waals surface area (Å²) in [6.45, 7) is 3.83. The summed E-state index contributed by atoms with van der Waals surface area (Å²) >= 11 is 12.0. The van der Waals surface area contributed by atoms with E-state index in [1.54, 1.807) is 18.2 Å². The van der Waals surface area contributed by atoms with Gasteiger partial charge >= 0.3 is 0 Å². The van der Waals surface area contributed by atoms with Crippen molar-refractivity contribution in [3.8, 4) is 0 Å². The van der Waals surface area contributed by atoms with Crippen LogP contribution in [-0.2, 0) is 4.79 Å². The molecule has 0 bridgehead atoms. The number of carbonyl (C=O) groups is 1. The van der Waals surface area contributed by atoms with E-state index in [1.807, 2.05) is 44.2 Å². The number of anilines is 1. The molecule has 0 aliphatic carbocycles. The highest BCUT2D eigenvalue weighted by atomic mass is 35.5. The number of benzene rings is 2. The highest BCUT2D eigenvalue weighted by molar-refractivity contribution is 6.35. The summed E-state index contributed by atoms with van der Waals surface area (Å²) in [5, 5.41) is 7.04. The molecule has 0 aliphatic heterocycles. The minimum Gasteiger partial charge on any atom is -0.323 e. The first kappa shape index (κ1) is 16.8. The summed E-state index contributed by atoms with van der Waals surface area (Å²) in [5.41, 5.74) is 1.64. The number of nitrogens with one attached hydrogen (secondary N) is 2. The maximum atomic E-state index is 12.3. The lowest BCUT2D eigenvalue weighted by atomic mass is 10.1. The van der Waals surface area contributed by atoms with Crippen LogP contribution in [0, 0.1) is 0 Å². The second-order valence-corrected chi connectivity index (χ2v) is 5.98. The Balaban J connectivity index is 1.99. The molecule has 22 heavy (non-hydrogen) atoms. The lowest BCUT2D eigenvalue weighted by molar-refractivity contribution is -0.117. The number of carbonyl (C=O) groups excluding carboxylic acids is 1. The van der Waals surface area contributed by atoms with E-state index in [0.29, 0.717) is 15.7 Å². The second kappa shape index (κ2) is 7.63. The van der Waals surface area contributed by atoms with Gasteiger partial charge in [0.1, 0.15) is 0 Å². The molecular formula is C17H18Cl2N2O. The van der Waals surface area contributed by atoms with Crippen molar-refractivity contribution in [2.24, 2.45) is 0 Å². The van der Waals surface area contributed by atoms with Crippen LogP contribution < -0.4 is 10.6 Å². The fourth-order valence-electron chi connectivity index (χ4n) is 2.12. The van der Waals surface area contributed by atoms with Crippen LogP contribution >= 0.6 is 23.2 Å². The van der Waals surface area contributed by atoms with Crippen molar-refractivity contribution in [2.75, 3.05) is 5.32 Å². The summed E-state index contributed by atoms with van der Waals surface area (Å²) in [6, 6.07) is 14.6. The second-order valence-electron chi connectivity index (χ2n) is 5.13. The molecule has 2 N–H and O–H groups in total. The zero-order chi connectivity index (χ0) is 16.1. The van der Waals surface area contributed by atoms with E-state index >= 15 is 0 Å². The fraction of sp³-hybridized carbons (Fsp3) is 0.235. The van der Waals surface area contributed by atoms with Crippen molar-refractivity contribution < 1.29 is 4.79 Å². The largest absolute Gasteiger partial charge is 0.323 e. The van der Waals surface area contributed by atoms with Crippen molar-refractivity contribution in [3.63, 3.8) is 0 Å². The van der Waals surface area contributed by atoms with E-state index in [1.165, 1.54) is 0 Å². The van der Waals surface area contributed by atoms with E-state index < -0.39 is 0 Å². The molecular weight excluding hydrogens is 319 g/mol. The third-order valence-corrected chi connectivity index (χ3v) is 3.94. The number of amides is 1. The summed E-state index contributed by atoms with van der Waals surface area (Å²) < 4.78 is 0. The smallest absolute Gasteiger partial charge is 0.241 e. The average molecular weight is 337 g/mol. The molecule has 0 saturated carbocycles. The van der Waals surface area contributed by atoms with Crippen molar-refractivity contribution in [1.82, 2.24) is 5.32 Å². The first-order valence-corrected chi connectivity index (χ1v) is 7.80. The zero-order valence-electron chi connectivity index (χ0n) is 12.4. The third-order valence-electron chi connectivity index (χ3n) is 3.38. The number of hydrogen-bond donors (Lipinski definition) is 2. The van der Waals surface area contributed by atoms with Crippen LogP contribution in [0.3, 0.4) is 0 Å². The molecule has 0 heterocycles. The van der Waals surface area contributed by atoms with Crippen molar-refractivity contribution >= 4 is 34.8 Å². The average Bonchev–Trinajstić information content (AvgIpc) is 2.51. The molecule has 0 saturated heterocycles. The number of hydrogen-bond acceptors (Lipinski definition) is 2. The fourth-order valence-corrected chi connectivity index (χ4v) is 2.46. The molecule has 2 aromatic rings. The maximum absolute atomic E-state index is 12.3. The molecule has 0 fully saturated rings. The summed E-state index contributed by atoms with van der Waals surface area (Å²) in [6.07, 6.45) is 0. The van der Waals surface area contributed by atoms with Crippen molar-refractivity contribution in [2.45, 2.75) is 25.9 Å². The minimum absolute atomic E-state index is 0.0665. The third kappa shape index (κ3) is 4.47. The van der Waals surface area contributed by atoms with Crippen molar-refractivity contribution in [1.29, 1.82) is 0 Å². The molecule has 1 amide bonds. The minimum atomic E-state index is -0.370. The van der Waals surface area contributed by atoms with Gasteiger partial charge in [0, 0.05) is 11.1 Å². The van der Waals surface area contributed by atoms with Gasteiger partial charge in [0.05, 0.1) is 16.8 Å². The van der Waals surface area contributed by atoms with Crippen LogP contribution in [0.2, 0.25) is 10.0 Å². The highest BCUT2D eigenvalue weighted by Crippen LogP contribution is 2.25. The maximum Gasteiger partial charge on any atom is 0.241 e. The number of halogens is 2. The molecule has 0 radical (unpaired) electrons. The molecule has 116 valence electrons. The SMILES string of the molecule is CC(NC(C)c1ccccc1)C(=O)Nc1cc(Cl)ccc1Cl. The van der Waals surface area contributed by atoms with Crippen LogP contribution in [-0.4, -0.2) is 11.9 Å². The van der Waals surface area contributed by atoms with Gasteiger partial charge in [-0.15, -0.1) is 0 Å². The van der Waals surface area contributed by atoms with Gasteiger partial charge in [0.15, 0.2) is 0 Å². The van der Waals surface area contributed by atoms with Crippen LogP contribution in [0.1, 0.15) is 25.5 Å². The van der Waals surface area contributed by atoms with Gasteiger partial charge in [-0.3, -0.25) is 10.1 Å². The Morgan fingerprint density at radius 1 is 1.05 bits per heavy atom. The van der Waals surface area contributed by atoms with E-state index in [9.17, 15) is 4.79 Å². The van der Waals surface area contributed by atoms with Gasteiger partial charge in [0.25, 0.3) is 0 Å². The zero-order valence-corrected chi connectivity index (χ0v) is 13.9. The van der Waals surface area contributed by atoms with Crippen molar-refractivity contribution in [3.05, 3.63) is 64.1 Å². The van der Waals surface area contributed by atoms with Gasteiger partial charge < -0.3 is 5.32 Å². The predicted molar refractivity (Wildman–Crippen MR) is 92.5 cm³/mol. The molecule has 2 atom stereocenters. The van der Waals surface area contributed by atoms with Gasteiger partial charge in [-0.05, 0) is 37.6 Å². The first-order valence-electron chi connectivity index (χ1n) is 7.04. The number of rotatable bonds is 5. The Kier molecular flexibility index (Phi) is 5.83. The Hall–Kier alpha value is -1.55. The Morgan fingerprint density at radius 2 is 1.73 bits per heavy atom. The Bertz CT molecular complexity index is 646. The molecule has 2 aromatic carbocycles. The first-order chi connectivity index (χ1) is 10.5. The van der Waals surface area contributed by atoms with Crippen LogP contribution in [0.5, 0.6) is 0 Å². The Labute approximate surface area is 140 Å². The Morgan fingerprint density at radius 3 is 2.41 bits per heavy atom. The molecule has 5 heteroatoms. The molecule has 0 spiro atoms. The van der Waals surface area contributed by atoms with E-state index in [2.05, 4.69) is 10.6 Å². The summed E-state index contributed by atoms with van der Waals surface area (Å²) in [7, 11) is 0. The van der Waals surface area contributed by atoms with Gasteiger partial charge in [-0.25, -0.2) is 0 Å². The molecule has 0 aromatic heterocycles. The highest BCUT2D eigenvalue weighted by Gasteiger charge is 2.17. The quantitative estimate of drug-likeness (QED) is 0.832. The topological polar surface area (TPSA) is 41.1 Å².